The fourth-order valence-corrected chi connectivity index (χ4v) is 3.49. The van der Waals surface area contributed by atoms with Crippen molar-refractivity contribution in [1.82, 2.24) is 10.3 Å². The molecule has 3 nitrogen and oxygen atoms in total. The molecular weight excluding hydrogens is 244 g/mol. The fraction of sp³-hybridized carbons (Fsp3) is 0.786. The van der Waals surface area contributed by atoms with Crippen molar-refractivity contribution in [2.45, 2.75) is 51.5 Å². The third-order valence-corrected chi connectivity index (χ3v) is 5.23. The molecular formula is C14H24N2OS. The van der Waals surface area contributed by atoms with Gasteiger partial charge >= 0.3 is 0 Å². The highest BCUT2D eigenvalue weighted by atomic mass is 32.1. The van der Waals surface area contributed by atoms with E-state index in [0.717, 1.165) is 37.4 Å². The predicted molar refractivity (Wildman–Crippen MR) is 76.0 cm³/mol. The number of thiazole rings is 1. The van der Waals surface area contributed by atoms with Gasteiger partial charge in [0.15, 0.2) is 0 Å². The second-order valence-corrected chi connectivity index (χ2v) is 6.60. The maximum Gasteiger partial charge on any atom is 0.0797 e. The van der Waals surface area contributed by atoms with Gasteiger partial charge in [-0.05, 0) is 44.9 Å². The molecule has 0 amide bonds. The van der Waals surface area contributed by atoms with Gasteiger partial charge in [-0.1, -0.05) is 6.92 Å². The van der Waals surface area contributed by atoms with E-state index < -0.39 is 0 Å². The van der Waals surface area contributed by atoms with Crippen molar-refractivity contribution >= 4 is 11.3 Å². The first-order valence-corrected chi connectivity index (χ1v) is 7.78. The maximum atomic E-state index is 9.67. The van der Waals surface area contributed by atoms with Crippen molar-refractivity contribution in [3.05, 3.63) is 16.1 Å². The second-order valence-electron chi connectivity index (χ2n) is 5.66. The van der Waals surface area contributed by atoms with Gasteiger partial charge in [0.05, 0.1) is 17.8 Å². The highest BCUT2D eigenvalue weighted by Crippen LogP contribution is 2.31. The van der Waals surface area contributed by atoms with Gasteiger partial charge in [0, 0.05) is 17.0 Å². The van der Waals surface area contributed by atoms with E-state index in [1.165, 1.54) is 17.7 Å². The molecule has 2 N–H and O–H groups in total. The monoisotopic (exact) mass is 268 g/mol. The van der Waals surface area contributed by atoms with Gasteiger partial charge in [0.25, 0.3) is 0 Å². The van der Waals surface area contributed by atoms with Gasteiger partial charge in [-0.3, -0.25) is 0 Å². The van der Waals surface area contributed by atoms with Gasteiger partial charge < -0.3 is 10.4 Å². The molecule has 0 atom stereocenters. The topological polar surface area (TPSA) is 45.2 Å². The normalized spacial score (nSPS) is 28.5. The van der Waals surface area contributed by atoms with E-state index in [1.807, 2.05) is 5.51 Å². The molecule has 4 heteroatoms. The van der Waals surface area contributed by atoms with Crippen molar-refractivity contribution < 1.29 is 5.11 Å². The number of aliphatic hydroxyl groups is 1. The molecule has 1 aromatic heterocycles. The van der Waals surface area contributed by atoms with Crippen LogP contribution < -0.4 is 5.32 Å². The van der Waals surface area contributed by atoms with Gasteiger partial charge in [0.2, 0.25) is 0 Å². The van der Waals surface area contributed by atoms with E-state index >= 15 is 0 Å². The summed E-state index contributed by atoms with van der Waals surface area (Å²) in [6, 6.07) is 0. The molecule has 1 saturated carbocycles. The number of rotatable bonds is 5. The molecule has 0 saturated heterocycles. The van der Waals surface area contributed by atoms with Crippen LogP contribution in [0.25, 0.3) is 0 Å². The molecule has 0 spiro atoms. The van der Waals surface area contributed by atoms with E-state index in [4.69, 9.17) is 0 Å². The molecule has 1 aromatic rings. The number of hydrogen-bond acceptors (Lipinski definition) is 4. The average molecular weight is 268 g/mol. The highest BCUT2D eigenvalue weighted by molar-refractivity contribution is 7.09. The molecule has 0 bridgehead atoms. The van der Waals surface area contributed by atoms with Crippen LogP contribution in [0.2, 0.25) is 0 Å². The minimum Gasteiger partial charge on any atom is -0.394 e. The third-order valence-electron chi connectivity index (χ3n) is 4.23. The summed E-state index contributed by atoms with van der Waals surface area (Å²) in [7, 11) is 0. The third kappa shape index (κ3) is 3.31. The van der Waals surface area contributed by atoms with E-state index in [2.05, 4.69) is 24.1 Å². The molecule has 0 unspecified atom stereocenters. The summed E-state index contributed by atoms with van der Waals surface area (Å²) >= 11 is 1.73. The number of nitrogens with zero attached hydrogens (tertiary/aromatic N) is 1. The molecule has 1 aliphatic carbocycles. The molecule has 2 rings (SSSR count). The fourth-order valence-electron chi connectivity index (χ4n) is 2.71. The van der Waals surface area contributed by atoms with Crippen LogP contribution >= 0.6 is 11.3 Å². The zero-order valence-corrected chi connectivity index (χ0v) is 12.2. The lowest BCUT2D eigenvalue weighted by Gasteiger charge is -2.39. The van der Waals surface area contributed by atoms with Gasteiger partial charge in [-0.2, -0.15) is 0 Å². The first-order chi connectivity index (χ1) is 8.65. The van der Waals surface area contributed by atoms with Crippen molar-refractivity contribution in [2.24, 2.45) is 5.92 Å². The predicted octanol–water partition coefficient (Wildman–Crippen LogP) is 2.52. The lowest BCUT2D eigenvalue weighted by molar-refractivity contribution is 0.106. The van der Waals surface area contributed by atoms with Crippen LogP contribution in [0.4, 0.5) is 0 Å². The number of hydrogen-bond donors (Lipinski definition) is 2. The molecule has 0 aliphatic heterocycles. The average Bonchev–Trinajstić information content (AvgIpc) is 2.78. The Morgan fingerprint density at radius 2 is 2.22 bits per heavy atom. The van der Waals surface area contributed by atoms with Crippen molar-refractivity contribution in [3.63, 3.8) is 0 Å². The molecule has 1 aliphatic rings. The second kappa shape index (κ2) is 6.13. The zero-order chi connectivity index (χ0) is 13.0. The van der Waals surface area contributed by atoms with Gasteiger partial charge in [-0.25, -0.2) is 4.98 Å². The maximum absolute atomic E-state index is 9.67. The van der Waals surface area contributed by atoms with E-state index in [-0.39, 0.29) is 12.1 Å². The van der Waals surface area contributed by atoms with Crippen LogP contribution in [-0.2, 0) is 6.42 Å². The number of aliphatic hydroxyl groups excluding tert-OH is 1. The standard InChI is InChI=1S/C14H24N2OS/c1-11-3-6-14(9-17,7-4-11)16-8-5-13-12(2)15-10-18-13/h10-11,16-17H,3-9H2,1-2H3. The van der Waals surface area contributed by atoms with Crippen LogP contribution in [-0.4, -0.2) is 28.8 Å². The van der Waals surface area contributed by atoms with Crippen LogP contribution in [0.1, 0.15) is 43.2 Å². The van der Waals surface area contributed by atoms with E-state index in [0.29, 0.717) is 0 Å². The molecule has 1 heterocycles. The Bertz CT molecular complexity index is 370. The quantitative estimate of drug-likeness (QED) is 0.862. The smallest absolute Gasteiger partial charge is 0.0797 e. The first-order valence-electron chi connectivity index (χ1n) is 6.90. The Balaban J connectivity index is 1.82. The minimum absolute atomic E-state index is 0.0227. The van der Waals surface area contributed by atoms with Crippen molar-refractivity contribution in [2.75, 3.05) is 13.2 Å². The van der Waals surface area contributed by atoms with Gasteiger partial charge in [-0.15, -0.1) is 11.3 Å². The largest absolute Gasteiger partial charge is 0.394 e. The minimum atomic E-state index is -0.0227. The molecule has 102 valence electrons. The highest BCUT2D eigenvalue weighted by Gasteiger charge is 2.32. The Labute approximate surface area is 114 Å². The first kappa shape index (κ1) is 14.0. The summed E-state index contributed by atoms with van der Waals surface area (Å²) in [6.45, 7) is 5.58. The Hall–Kier alpha value is -0.450. The Kier molecular flexibility index (Phi) is 4.76. The molecule has 0 radical (unpaired) electrons. The summed E-state index contributed by atoms with van der Waals surface area (Å²) in [6.07, 6.45) is 5.69. The Morgan fingerprint density at radius 1 is 1.50 bits per heavy atom. The number of aromatic nitrogens is 1. The molecule has 0 aromatic carbocycles. The van der Waals surface area contributed by atoms with E-state index in [9.17, 15) is 5.11 Å². The molecule has 18 heavy (non-hydrogen) atoms. The van der Waals surface area contributed by atoms with Crippen LogP contribution in [0.3, 0.4) is 0 Å². The summed E-state index contributed by atoms with van der Waals surface area (Å²) in [4.78, 5) is 5.63. The van der Waals surface area contributed by atoms with Crippen LogP contribution in [0.15, 0.2) is 5.51 Å². The summed E-state index contributed by atoms with van der Waals surface area (Å²) in [5.74, 6) is 0.815. The Morgan fingerprint density at radius 3 is 2.78 bits per heavy atom. The number of aryl methyl sites for hydroxylation is 1. The van der Waals surface area contributed by atoms with E-state index in [1.54, 1.807) is 11.3 Å². The van der Waals surface area contributed by atoms with Crippen LogP contribution in [0.5, 0.6) is 0 Å². The lowest BCUT2D eigenvalue weighted by atomic mass is 9.77. The SMILES string of the molecule is Cc1ncsc1CCNC1(CO)CCC(C)CC1. The summed E-state index contributed by atoms with van der Waals surface area (Å²) in [5, 5.41) is 13.3. The van der Waals surface area contributed by atoms with Gasteiger partial charge in [0.1, 0.15) is 0 Å². The summed E-state index contributed by atoms with van der Waals surface area (Å²) < 4.78 is 0. The van der Waals surface area contributed by atoms with Crippen molar-refractivity contribution in [3.8, 4) is 0 Å². The number of nitrogens with one attached hydrogen (secondary N) is 1. The van der Waals surface area contributed by atoms with Crippen molar-refractivity contribution in [1.29, 1.82) is 0 Å². The lowest BCUT2D eigenvalue weighted by Crippen LogP contribution is -2.51. The zero-order valence-electron chi connectivity index (χ0n) is 11.4. The van der Waals surface area contributed by atoms with Crippen LogP contribution in [0, 0.1) is 12.8 Å². The summed E-state index contributed by atoms with van der Waals surface area (Å²) in [5.41, 5.74) is 3.04. The molecule has 1 fully saturated rings.